The van der Waals surface area contributed by atoms with Crippen LogP contribution >= 0.6 is 0 Å². The van der Waals surface area contributed by atoms with Gasteiger partial charge in [-0.1, -0.05) is 36.4 Å². The van der Waals surface area contributed by atoms with Crippen LogP contribution in [0.4, 0.5) is 11.6 Å². The summed E-state index contributed by atoms with van der Waals surface area (Å²) in [7, 11) is -4.10. The molecule has 1 atom stereocenters. The maximum atomic E-state index is 13.2. The Balaban J connectivity index is 1.69. The lowest BCUT2D eigenvalue weighted by Gasteiger charge is -2.21. The van der Waals surface area contributed by atoms with E-state index in [-0.39, 0.29) is 28.8 Å². The predicted molar refractivity (Wildman–Crippen MR) is 141 cm³/mol. The highest BCUT2D eigenvalue weighted by molar-refractivity contribution is 7.92. The van der Waals surface area contributed by atoms with Gasteiger partial charge in [-0.3, -0.25) is 4.79 Å². The van der Waals surface area contributed by atoms with Gasteiger partial charge in [-0.25, -0.2) is 18.1 Å². The van der Waals surface area contributed by atoms with E-state index in [4.69, 9.17) is 10.5 Å². The van der Waals surface area contributed by atoms with Crippen molar-refractivity contribution in [2.75, 3.05) is 17.0 Å². The Bertz CT molecular complexity index is 1580. The number of aromatic nitrogens is 2. The van der Waals surface area contributed by atoms with Crippen LogP contribution in [-0.2, 0) is 10.0 Å². The zero-order valence-electron chi connectivity index (χ0n) is 20.2. The van der Waals surface area contributed by atoms with Gasteiger partial charge in [0.15, 0.2) is 0 Å². The number of nitrogens with two attached hydrogens (primary N) is 1. The molecule has 0 radical (unpaired) electrons. The third-order valence-electron chi connectivity index (χ3n) is 6.09. The van der Waals surface area contributed by atoms with Gasteiger partial charge in [-0.05, 0) is 60.9 Å². The Morgan fingerprint density at radius 1 is 0.946 bits per heavy atom. The number of hydrogen-bond acceptors (Lipinski definition) is 7. The molecule has 4 bridgehead atoms. The minimum absolute atomic E-state index is 0.0852. The Hall–Kier alpha value is -4.44. The van der Waals surface area contributed by atoms with E-state index in [1.165, 1.54) is 18.2 Å². The molecule has 0 fully saturated rings. The molecule has 1 aliphatic rings. The van der Waals surface area contributed by atoms with Crippen LogP contribution in [0.25, 0.3) is 11.3 Å². The molecule has 0 saturated heterocycles. The molecule has 0 spiro atoms. The van der Waals surface area contributed by atoms with Crippen molar-refractivity contribution in [2.24, 2.45) is 0 Å². The number of carbonyl (C=O) groups is 1. The second kappa shape index (κ2) is 9.55. The number of fused-ring (bicyclic) bond motifs is 4. The normalized spacial score (nSPS) is 16.7. The maximum Gasteiger partial charge on any atom is 0.264 e. The number of amides is 1. The van der Waals surface area contributed by atoms with Crippen LogP contribution in [0.2, 0.25) is 0 Å². The standard InChI is InChI=1S/C27H25N5O4S/c1-16-5-3-6-17(2)25(16)22-14-24-31-27(30-22)32-37(34,35)21-8-4-7-19(13-21)26(33)29-15-23(36-24)18-9-11-20(28)12-10-18/h3-14,23H,15,28H2,1-2H3,(H,29,33)(H,30,31,32). The number of sulfonamides is 1. The van der Waals surface area contributed by atoms with Crippen molar-refractivity contribution in [1.82, 2.24) is 15.3 Å². The van der Waals surface area contributed by atoms with Gasteiger partial charge in [-0.15, -0.1) is 0 Å². The minimum Gasteiger partial charge on any atom is -0.467 e. The molecular weight excluding hydrogens is 490 g/mol. The van der Waals surface area contributed by atoms with Gasteiger partial charge in [-0.2, -0.15) is 4.98 Å². The zero-order valence-corrected chi connectivity index (χ0v) is 21.0. The van der Waals surface area contributed by atoms with Crippen LogP contribution in [0, 0.1) is 13.8 Å². The summed E-state index contributed by atoms with van der Waals surface area (Å²) in [5.74, 6) is -0.433. The second-order valence-electron chi connectivity index (χ2n) is 8.80. The molecular formula is C27H25N5O4S. The molecule has 1 aromatic heterocycles. The fourth-order valence-electron chi connectivity index (χ4n) is 4.23. The summed E-state index contributed by atoms with van der Waals surface area (Å²) < 4.78 is 35.1. The maximum absolute atomic E-state index is 13.2. The molecule has 188 valence electrons. The summed E-state index contributed by atoms with van der Waals surface area (Å²) in [6, 6.07) is 20.4. The van der Waals surface area contributed by atoms with Crippen molar-refractivity contribution in [3.8, 4) is 17.1 Å². The van der Waals surface area contributed by atoms with E-state index in [1.807, 2.05) is 44.2 Å². The molecule has 5 rings (SSSR count). The number of rotatable bonds is 2. The topological polar surface area (TPSA) is 136 Å². The lowest BCUT2D eigenvalue weighted by Crippen LogP contribution is -2.30. The van der Waals surface area contributed by atoms with E-state index in [1.54, 1.807) is 24.3 Å². The van der Waals surface area contributed by atoms with Crippen molar-refractivity contribution < 1.29 is 17.9 Å². The fraction of sp³-hybridized carbons (Fsp3) is 0.148. The summed E-state index contributed by atoms with van der Waals surface area (Å²) in [4.78, 5) is 21.7. The molecule has 1 aliphatic heterocycles. The van der Waals surface area contributed by atoms with Crippen LogP contribution in [0.15, 0.2) is 77.7 Å². The monoisotopic (exact) mass is 515 g/mol. The Labute approximate surface area is 214 Å². The molecule has 1 unspecified atom stereocenters. The highest BCUT2D eigenvalue weighted by Gasteiger charge is 2.23. The van der Waals surface area contributed by atoms with Crippen molar-refractivity contribution in [2.45, 2.75) is 24.8 Å². The summed E-state index contributed by atoms with van der Waals surface area (Å²) >= 11 is 0. The molecule has 37 heavy (non-hydrogen) atoms. The number of benzene rings is 3. The van der Waals surface area contributed by atoms with E-state index >= 15 is 0 Å². The quantitative estimate of drug-likeness (QED) is 0.343. The van der Waals surface area contributed by atoms with E-state index in [9.17, 15) is 13.2 Å². The van der Waals surface area contributed by atoms with Crippen LogP contribution < -0.4 is 20.5 Å². The highest BCUT2D eigenvalue weighted by Crippen LogP contribution is 2.31. The Morgan fingerprint density at radius 3 is 2.38 bits per heavy atom. The average Bonchev–Trinajstić information content (AvgIpc) is 2.86. The fourth-order valence-corrected chi connectivity index (χ4v) is 5.22. The van der Waals surface area contributed by atoms with Gasteiger partial charge in [0.2, 0.25) is 11.8 Å². The van der Waals surface area contributed by atoms with Crippen LogP contribution in [0.1, 0.15) is 33.2 Å². The third-order valence-corrected chi connectivity index (χ3v) is 7.42. The molecule has 9 nitrogen and oxygen atoms in total. The van der Waals surface area contributed by atoms with Gasteiger partial charge >= 0.3 is 0 Å². The summed E-state index contributed by atoms with van der Waals surface area (Å²) in [5, 5.41) is 2.84. The summed E-state index contributed by atoms with van der Waals surface area (Å²) in [6.07, 6.45) is -0.640. The molecule has 4 aromatic rings. The lowest BCUT2D eigenvalue weighted by molar-refractivity contribution is 0.0925. The first-order valence-corrected chi connectivity index (χ1v) is 13.1. The van der Waals surface area contributed by atoms with Crippen molar-refractivity contribution in [1.29, 1.82) is 0 Å². The number of nitrogen functional groups attached to an aromatic ring is 1. The number of aryl methyl sites for hydroxylation is 2. The Kier molecular flexibility index (Phi) is 6.26. The van der Waals surface area contributed by atoms with Gasteiger partial charge in [0.1, 0.15) is 6.10 Å². The number of ether oxygens (including phenoxy) is 1. The molecule has 0 aliphatic carbocycles. The number of nitrogens with zero attached hydrogens (tertiary/aromatic N) is 2. The average molecular weight is 516 g/mol. The van der Waals surface area contributed by atoms with Crippen molar-refractivity contribution in [3.63, 3.8) is 0 Å². The summed E-state index contributed by atoms with van der Waals surface area (Å²) in [6.45, 7) is 4.01. The lowest BCUT2D eigenvalue weighted by atomic mass is 10.00. The largest absolute Gasteiger partial charge is 0.467 e. The first-order chi connectivity index (χ1) is 17.7. The minimum atomic E-state index is -4.10. The number of anilines is 2. The molecule has 0 saturated carbocycles. The number of nitrogens with one attached hydrogen (secondary N) is 2. The van der Waals surface area contributed by atoms with Crippen LogP contribution in [0.5, 0.6) is 5.88 Å². The van der Waals surface area contributed by atoms with E-state index < -0.39 is 22.0 Å². The van der Waals surface area contributed by atoms with E-state index in [2.05, 4.69) is 20.0 Å². The first-order valence-electron chi connectivity index (χ1n) is 11.6. The number of carbonyl (C=O) groups excluding carboxylic acids is 1. The van der Waals surface area contributed by atoms with Crippen LogP contribution in [-0.4, -0.2) is 30.8 Å². The van der Waals surface area contributed by atoms with Gasteiger partial charge < -0.3 is 15.8 Å². The van der Waals surface area contributed by atoms with Gasteiger partial charge in [0.05, 0.1) is 17.1 Å². The molecule has 2 heterocycles. The molecule has 3 aromatic carbocycles. The zero-order chi connectivity index (χ0) is 26.2. The Morgan fingerprint density at radius 2 is 1.65 bits per heavy atom. The summed E-state index contributed by atoms with van der Waals surface area (Å²) in [5.41, 5.74) is 10.7. The third kappa shape index (κ3) is 5.10. The highest BCUT2D eigenvalue weighted by atomic mass is 32.2. The van der Waals surface area contributed by atoms with Crippen molar-refractivity contribution >= 4 is 27.6 Å². The van der Waals surface area contributed by atoms with E-state index in [0.717, 1.165) is 22.3 Å². The van der Waals surface area contributed by atoms with E-state index in [0.29, 0.717) is 11.4 Å². The molecule has 4 N–H and O–H groups in total. The second-order valence-corrected chi connectivity index (χ2v) is 10.5. The number of hydrogen-bond donors (Lipinski definition) is 3. The molecule has 1 amide bonds. The first kappa shape index (κ1) is 24.3. The smallest absolute Gasteiger partial charge is 0.264 e. The van der Waals surface area contributed by atoms with Crippen LogP contribution in [0.3, 0.4) is 0 Å². The SMILES string of the molecule is Cc1cccc(C)c1-c1cc2nc(n1)NS(=O)(=O)c1cccc(c1)C(=O)NCC(c1ccc(N)cc1)O2. The van der Waals surface area contributed by atoms with Gasteiger partial charge in [0.25, 0.3) is 15.9 Å². The van der Waals surface area contributed by atoms with Gasteiger partial charge in [0, 0.05) is 22.9 Å². The van der Waals surface area contributed by atoms with Crippen molar-refractivity contribution in [3.05, 3.63) is 95.1 Å². The molecule has 10 heteroatoms. The predicted octanol–water partition coefficient (Wildman–Crippen LogP) is 4.01.